The van der Waals surface area contributed by atoms with Gasteiger partial charge in [0.15, 0.2) is 12.4 Å². The summed E-state index contributed by atoms with van der Waals surface area (Å²) in [5.41, 5.74) is 7.64. The number of aromatic nitrogens is 1. The highest BCUT2D eigenvalue weighted by Gasteiger charge is 2.06. The van der Waals surface area contributed by atoms with Gasteiger partial charge in [0.2, 0.25) is 5.69 Å². The lowest BCUT2D eigenvalue weighted by Crippen LogP contribution is -2.68. The maximum Gasteiger partial charge on any atom is 0.233 e. The summed E-state index contributed by atoms with van der Waals surface area (Å²) in [4.78, 5) is 0. The maximum atomic E-state index is 8.49. The number of hydrogen-bond acceptors (Lipinski definition) is 5. The third-order valence-electron chi connectivity index (χ3n) is 1.93. The first-order valence-corrected chi connectivity index (χ1v) is 6.04. The average molecular weight is 271 g/mol. The predicted molar refractivity (Wildman–Crippen MR) is 52.4 cm³/mol. The maximum absolute atomic E-state index is 8.49. The highest BCUT2D eigenvalue weighted by atomic mass is 35.7. The number of hydrogen-bond donors (Lipinski definition) is 1. The lowest BCUT2D eigenvalue weighted by Gasteiger charge is -2.17. The number of anilines is 1. The van der Waals surface area contributed by atoms with Gasteiger partial charge < -0.3 is 5.73 Å². The molecule has 0 fully saturated rings. The molecule has 0 atom stereocenters. The molecule has 1 aromatic carbocycles. The van der Waals surface area contributed by atoms with Crippen molar-refractivity contribution in [3.8, 4) is 5.69 Å². The normalized spacial score (nSPS) is 10.4. The molecule has 1 heterocycles. The topological polar surface area (TPSA) is 122 Å². The van der Waals surface area contributed by atoms with E-state index in [-0.39, 0.29) is 0 Å². The van der Waals surface area contributed by atoms with Crippen molar-refractivity contribution in [3.05, 3.63) is 54.9 Å². The van der Waals surface area contributed by atoms with E-state index in [9.17, 15) is 0 Å². The molecule has 0 saturated heterocycles. The minimum absolute atomic E-state index is 0.790. The molecule has 0 spiro atoms. The summed E-state index contributed by atoms with van der Waals surface area (Å²) in [6, 6.07) is 13.7. The Balaban J connectivity index is 0.000000280. The van der Waals surface area contributed by atoms with Gasteiger partial charge in [-0.3, -0.25) is 0 Å². The molecule has 0 unspecified atom stereocenters. The highest BCUT2D eigenvalue weighted by molar-refractivity contribution is 5.51. The Kier molecular flexibility index (Phi) is 5.02. The van der Waals surface area contributed by atoms with Crippen molar-refractivity contribution in [1.29, 1.82) is 0 Å². The molecule has 0 aliphatic carbocycles. The van der Waals surface area contributed by atoms with E-state index in [1.54, 1.807) is 0 Å². The van der Waals surface area contributed by atoms with Crippen molar-refractivity contribution in [2.45, 2.75) is 0 Å². The van der Waals surface area contributed by atoms with E-state index >= 15 is 0 Å². The fraction of sp³-hybridized carbons (Fsp3) is 0. The number of rotatable bonds is 1. The number of para-hydroxylation sites is 2. The number of nitrogens with two attached hydrogens (primary N) is 1. The van der Waals surface area contributed by atoms with Crippen molar-refractivity contribution < 1.29 is 33.4 Å². The zero-order valence-electron chi connectivity index (χ0n) is 9.23. The number of nitrogens with zero attached hydrogens (tertiary/aromatic N) is 1. The zero-order chi connectivity index (χ0) is 13.6. The second-order valence-electron chi connectivity index (χ2n) is 3.22. The average Bonchev–Trinajstić information content (AvgIpc) is 2.29. The lowest BCUT2D eigenvalue weighted by molar-refractivity contribution is -2.00. The summed E-state index contributed by atoms with van der Waals surface area (Å²) in [7, 11) is -4.94. The van der Waals surface area contributed by atoms with Crippen LogP contribution in [0.5, 0.6) is 0 Å². The number of pyridine rings is 1. The van der Waals surface area contributed by atoms with E-state index in [1.807, 2.05) is 59.4 Å². The minimum Gasteiger partial charge on any atom is -0.393 e. The Bertz CT molecular complexity index is 482. The van der Waals surface area contributed by atoms with E-state index in [4.69, 9.17) is 24.4 Å². The monoisotopic (exact) mass is 270 g/mol. The fourth-order valence-electron chi connectivity index (χ4n) is 1.28. The van der Waals surface area contributed by atoms with Gasteiger partial charge in [-0.05, 0) is 6.07 Å². The summed E-state index contributed by atoms with van der Waals surface area (Å²) in [6.45, 7) is 0. The second-order valence-corrected chi connectivity index (χ2v) is 3.98. The molecular formula is C11H11ClN2O4. The van der Waals surface area contributed by atoms with Crippen LogP contribution in [0.1, 0.15) is 0 Å². The summed E-state index contributed by atoms with van der Waals surface area (Å²) in [5.74, 6) is 0. The predicted octanol–water partition coefficient (Wildman–Crippen LogP) is -3.21. The van der Waals surface area contributed by atoms with Gasteiger partial charge in [0, 0.05) is 18.2 Å². The van der Waals surface area contributed by atoms with Crippen molar-refractivity contribution in [1.82, 2.24) is 0 Å². The first-order chi connectivity index (χ1) is 8.38. The Labute approximate surface area is 106 Å². The largest absolute Gasteiger partial charge is 0.393 e. The van der Waals surface area contributed by atoms with Gasteiger partial charge in [-0.25, -0.2) is 18.6 Å². The van der Waals surface area contributed by atoms with Crippen LogP contribution >= 0.6 is 0 Å². The van der Waals surface area contributed by atoms with Crippen LogP contribution in [-0.2, 0) is 0 Å². The van der Waals surface area contributed by atoms with E-state index in [1.165, 1.54) is 0 Å². The van der Waals surface area contributed by atoms with Gasteiger partial charge in [-0.15, -0.1) is 10.2 Å². The Morgan fingerprint density at radius 3 is 1.83 bits per heavy atom. The summed E-state index contributed by atoms with van der Waals surface area (Å²) >= 11 is 0. The van der Waals surface area contributed by atoms with Gasteiger partial charge in [0.05, 0.1) is 0 Å². The third-order valence-corrected chi connectivity index (χ3v) is 1.93. The molecule has 2 aromatic rings. The molecule has 2 N–H and O–H groups in total. The molecule has 6 nitrogen and oxygen atoms in total. The summed E-state index contributed by atoms with van der Waals surface area (Å²) in [5, 5.41) is 0. The molecule has 1 aromatic heterocycles. The van der Waals surface area contributed by atoms with Crippen LogP contribution in [0.25, 0.3) is 5.69 Å². The quantitative estimate of drug-likeness (QED) is 0.432. The Morgan fingerprint density at radius 2 is 1.33 bits per heavy atom. The fourth-order valence-corrected chi connectivity index (χ4v) is 1.28. The molecule has 0 aliphatic rings. The van der Waals surface area contributed by atoms with Crippen LogP contribution in [0.3, 0.4) is 0 Å². The highest BCUT2D eigenvalue weighted by Crippen LogP contribution is 2.08. The van der Waals surface area contributed by atoms with Gasteiger partial charge in [-0.2, -0.15) is 4.57 Å². The summed E-state index contributed by atoms with van der Waals surface area (Å²) in [6.07, 6.45) is 3.96. The number of nitrogen functional groups attached to an aromatic ring is 1. The molecule has 7 heteroatoms. The van der Waals surface area contributed by atoms with Crippen LogP contribution < -0.4 is 28.9 Å². The standard InChI is InChI=1S/C11H11N2.ClHO4/c12-10-6-2-3-7-11(10)13-8-4-1-5-9-13;2-1(3,4)5/h1-9H,12H2;(H,2,3,4,5)/q+1;/p-1. The van der Waals surface area contributed by atoms with E-state index in [2.05, 4.69) is 0 Å². The molecule has 0 saturated carbocycles. The Hall–Kier alpha value is -1.70. The van der Waals surface area contributed by atoms with Gasteiger partial charge >= 0.3 is 0 Å². The summed E-state index contributed by atoms with van der Waals surface area (Å²) < 4.78 is 36.0. The first-order valence-electron chi connectivity index (χ1n) is 4.81. The molecule has 0 bridgehead atoms. The SMILES string of the molecule is Nc1ccccc1-[n+]1ccccc1.[O-][Cl+3]([O-])([O-])[O-]. The van der Waals surface area contributed by atoms with E-state index in [0.29, 0.717) is 0 Å². The van der Waals surface area contributed by atoms with Crippen LogP contribution in [0.15, 0.2) is 54.9 Å². The van der Waals surface area contributed by atoms with Crippen molar-refractivity contribution in [2.75, 3.05) is 5.73 Å². The zero-order valence-corrected chi connectivity index (χ0v) is 9.99. The van der Waals surface area contributed by atoms with Crippen LogP contribution in [0.2, 0.25) is 0 Å². The van der Waals surface area contributed by atoms with Gasteiger partial charge in [0.25, 0.3) is 0 Å². The molecular weight excluding hydrogens is 260 g/mol. The molecule has 96 valence electrons. The molecule has 2 rings (SSSR count). The van der Waals surface area contributed by atoms with E-state index in [0.717, 1.165) is 11.4 Å². The molecule has 0 amide bonds. The van der Waals surface area contributed by atoms with Crippen LogP contribution in [-0.4, -0.2) is 0 Å². The number of benzene rings is 1. The number of halogens is 1. The Morgan fingerprint density at radius 1 is 0.833 bits per heavy atom. The third kappa shape index (κ3) is 5.58. The van der Waals surface area contributed by atoms with Gasteiger partial charge in [-0.1, -0.05) is 18.2 Å². The smallest absolute Gasteiger partial charge is 0.233 e. The van der Waals surface area contributed by atoms with Gasteiger partial charge in [0.1, 0.15) is 5.69 Å². The van der Waals surface area contributed by atoms with Crippen molar-refractivity contribution >= 4 is 5.69 Å². The molecule has 0 radical (unpaired) electrons. The van der Waals surface area contributed by atoms with Crippen molar-refractivity contribution in [2.24, 2.45) is 0 Å². The van der Waals surface area contributed by atoms with Crippen LogP contribution in [0, 0.1) is 10.2 Å². The molecule has 18 heavy (non-hydrogen) atoms. The molecule has 0 aliphatic heterocycles. The minimum atomic E-state index is -4.94. The first kappa shape index (κ1) is 14.4. The van der Waals surface area contributed by atoms with Crippen molar-refractivity contribution in [3.63, 3.8) is 0 Å². The second kappa shape index (κ2) is 6.29. The van der Waals surface area contributed by atoms with E-state index < -0.39 is 10.2 Å². The van der Waals surface area contributed by atoms with Crippen LogP contribution in [0.4, 0.5) is 5.69 Å². The lowest BCUT2D eigenvalue weighted by atomic mass is 10.2.